The summed E-state index contributed by atoms with van der Waals surface area (Å²) in [6.45, 7) is 5.56. The molecule has 0 aliphatic rings. The van der Waals surface area contributed by atoms with Gasteiger partial charge in [-0.15, -0.1) is 0 Å². The predicted molar refractivity (Wildman–Crippen MR) is 74.0 cm³/mol. The third kappa shape index (κ3) is 5.59. The second-order valence-electron chi connectivity index (χ2n) is 4.55. The maximum atomic E-state index is 11.2. The number of ketones is 1. The highest BCUT2D eigenvalue weighted by atomic mass is 35.5. The summed E-state index contributed by atoms with van der Waals surface area (Å²) in [5.41, 5.74) is 0.529. The molecule has 0 aliphatic heterocycles. The van der Waals surface area contributed by atoms with E-state index in [0.29, 0.717) is 16.3 Å². The number of aliphatic hydroxyl groups excluding tert-OH is 1. The van der Waals surface area contributed by atoms with Gasteiger partial charge in [0.15, 0.2) is 5.78 Å². The Morgan fingerprint density at radius 1 is 1.37 bits per heavy atom. The standard InChI is InChI=1S/C14H19ClO4/c1-9(2)18-7-12(17)8-19-14-5-4-11(10(3)16)6-13(14)15/h4-6,9,12,17H,7-8H2,1-3H3. The molecule has 0 spiro atoms. The van der Waals surface area contributed by atoms with Crippen molar-refractivity contribution in [1.29, 1.82) is 0 Å². The lowest BCUT2D eigenvalue weighted by molar-refractivity contribution is -0.0122. The number of benzene rings is 1. The third-order valence-corrected chi connectivity index (χ3v) is 2.69. The van der Waals surface area contributed by atoms with Crippen LogP contribution in [0.25, 0.3) is 0 Å². The van der Waals surface area contributed by atoms with Crippen LogP contribution in [0, 0.1) is 0 Å². The van der Waals surface area contributed by atoms with Gasteiger partial charge in [0.1, 0.15) is 18.5 Å². The molecule has 1 aromatic rings. The van der Waals surface area contributed by atoms with Crippen LogP contribution in [-0.4, -0.2) is 36.3 Å². The second-order valence-corrected chi connectivity index (χ2v) is 4.96. The normalized spacial score (nSPS) is 12.5. The molecule has 1 N–H and O–H groups in total. The molecular formula is C14H19ClO4. The largest absolute Gasteiger partial charge is 0.489 e. The van der Waals surface area contributed by atoms with Gasteiger partial charge in [-0.3, -0.25) is 4.79 Å². The van der Waals surface area contributed by atoms with Crippen molar-refractivity contribution in [2.45, 2.75) is 33.0 Å². The number of Topliss-reactive ketones (excluding diaryl/α,β-unsaturated/α-hetero) is 1. The van der Waals surface area contributed by atoms with Gasteiger partial charge in [-0.25, -0.2) is 0 Å². The van der Waals surface area contributed by atoms with E-state index >= 15 is 0 Å². The van der Waals surface area contributed by atoms with E-state index in [-0.39, 0.29) is 25.1 Å². The fourth-order valence-corrected chi connectivity index (χ4v) is 1.61. The van der Waals surface area contributed by atoms with Crippen LogP contribution in [0.1, 0.15) is 31.1 Å². The lowest BCUT2D eigenvalue weighted by atomic mass is 10.1. The Labute approximate surface area is 118 Å². The Morgan fingerprint density at radius 3 is 2.58 bits per heavy atom. The van der Waals surface area contributed by atoms with Gasteiger partial charge in [-0.05, 0) is 39.0 Å². The molecule has 0 bridgehead atoms. The van der Waals surface area contributed by atoms with Crippen LogP contribution in [0.15, 0.2) is 18.2 Å². The fourth-order valence-electron chi connectivity index (χ4n) is 1.37. The third-order valence-electron chi connectivity index (χ3n) is 2.39. The SMILES string of the molecule is CC(=O)c1ccc(OCC(O)COC(C)C)c(Cl)c1. The number of hydrogen-bond acceptors (Lipinski definition) is 4. The van der Waals surface area contributed by atoms with E-state index in [1.807, 2.05) is 13.8 Å². The van der Waals surface area contributed by atoms with Gasteiger partial charge in [0.2, 0.25) is 0 Å². The van der Waals surface area contributed by atoms with Crippen LogP contribution in [0.5, 0.6) is 5.75 Å². The average molecular weight is 287 g/mol. The van der Waals surface area contributed by atoms with Crippen molar-refractivity contribution >= 4 is 17.4 Å². The van der Waals surface area contributed by atoms with Gasteiger partial charge in [0.25, 0.3) is 0 Å². The van der Waals surface area contributed by atoms with Gasteiger partial charge >= 0.3 is 0 Å². The molecule has 0 saturated heterocycles. The average Bonchev–Trinajstić information content (AvgIpc) is 2.34. The van der Waals surface area contributed by atoms with Crippen LogP contribution < -0.4 is 4.74 Å². The minimum Gasteiger partial charge on any atom is -0.489 e. The summed E-state index contributed by atoms with van der Waals surface area (Å²) < 4.78 is 10.7. The summed E-state index contributed by atoms with van der Waals surface area (Å²) in [6.07, 6.45) is -0.654. The quantitative estimate of drug-likeness (QED) is 0.783. The topological polar surface area (TPSA) is 55.8 Å². The highest BCUT2D eigenvalue weighted by molar-refractivity contribution is 6.32. The molecule has 1 atom stereocenters. The fraction of sp³-hybridized carbons (Fsp3) is 0.500. The zero-order chi connectivity index (χ0) is 14.4. The number of aliphatic hydroxyl groups is 1. The maximum Gasteiger partial charge on any atom is 0.159 e. The molecular weight excluding hydrogens is 268 g/mol. The first-order valence-electron chi connectivity index (χ1n) is 6.13. The number of rotatable bonds is 7. The van der Waals surface area contributed by atoms with Crippen LogP contribution in [-0.2, 0) is 4.74 Å². The van der Waals surface area contributed by atoms with Crippen LogP contribution in [0.2, 0.25) is 5.02 Å². The minimum absolute atomic E-state index is 0.0566. The van der Waals surface area contributed by atoms with E-state index in [1.165, 1.54) is 6.92 Å². The van der Waals surface area contributed by atoms with Crippen LogP contribution >= 0.6 is 11.6 Å². The molecule has 0 aliphatic carbocycles. The monoisotopic (exact) mass is 286 g/mol. The molecule has 1 rings (SSSR count). The molecule has 1 aromatic carbocycles. The van der Waals surface area contributed by atoms with Gasteiger partial charge < -0.3 is 14.6 Å². The van der Waals surface area contributed by atoms with Crippen molar-refractivity contribution < 1.29 is 19.4 Å². The van der Waals surface area contributed by atoms with Crippen molar-refractivity contribution in [3.05, 3.63) is 28.8 Å². The molecule has 0 radical (unpaired) electrons. The molecule has 0 saturated carbocycles. The lowest BCUT2D eigenvalue weighted by Crippen LogP contribution is -2.25. The smallest absolute Gasteiger partial charge is 0.159 e. The van der Waals surface area contributed by atoms with E-state index in [9.17, 15) is 9.90 Å². The summed E-state index contributed by atoms with van der Waals surface area (Å²) in [6, 6.07) is 4.81. The van der Waals surface area contributed by atoms with Gasteiger partial charge in [-0.2, -0.15) is 0 Å². The number of carbonyl (C=O) groups excluding carboxylic acids is 1. The van der Waals surface area contributed by atoms with Crippen molar-refractivity contribution in [1.82, 2.24) is 0 Å². The van der Waals surface area contributed by atoms with Crippen LogP contribution in [0.3, 0.4) is 0 Å². The molecule has 1 unspecified atom stereocenters. The van der Waals surface area contributed by atoms with E-state index in [1.54, 1.807) is 18.2 Å². The van der Waals surface area contributed by atoms with Gasteiger partial charge in [-0.1, -0.05) is 11.6 Å². The molecule has 0 amide bonds. The summed E-state index contributed by atoms with van der Waals surface area (Å²) in [4.78, 5) is 11.2. The Morgan fingerprint density at radius 2 is 2.05 bits per heavy atom. The lowest BCUT2D eigenvalue weighted by Gasteiger charge is -2.15. The first kappa shape index (κ1) is 16.0. The predicted octanol–water partition coefficient (Wildman–Crippen LogP) is 2.71. The zero-order valence-corrected chi connectivity index (χ0v) is 12.1. The Balaban J connectivity index is 2.51. The Bertz CT molecular complexity index is 431. The first-order valence-corrected chi connectivity index (χ1v) is 6.51. The molecule has 0 fully saturated rings. The number of halogens is 1. The van der Waals surface area contributed by atoms with E-state index < -0.39 is 6.10 Å². The van der Waals surface area contributed by atoms with Crippen molar-refractivity contribution in [3.63, 3.8) is 0 Å². The molecule has 0 aromatic heterocycles. The number of ether oxygens (including phenoxy) is 2. The first-order chi connectivity index (χ1) is 8.90. The van der Waals surface area contributed by atoms with E-state index in [0.717, 1.165) is 0 Å². The van der Waals surface area contributed by atoms with E-state index in [2.05, 4.69) is 0 Å². The molecule has 4 nitrogen and oxygen atoms in total. The number of hydrogen-bond donors (Lipinski definition) is 1. The number of carbonyl (C=O) groups is 1. The van der Waals surface area contributed by atoms with Crippen molar-refractivity contribution in [2.24, 2.45) is 0 Å². The second kappa shape index (κ2) is 7.48. The van der Waals surface area contributed by atoms with Gasteiger partial charge in [0.05, 0.1) is 17.7 Å². The molecule has 5 heteroatoms. The highest BCUT2D eigenvalue weighted by Crippen LogP contribution is 2.25. The van der Waals surface area contributed by atoms with E-state index in [4.69, 9.17) is 21.1 Å². The minimum atomic E-state index is -0.717. The molecule has 106 valence electrons. The highest BCUT2D eigenvalue weighted by Gasteiger charge is 2.10. The molecule has 0 heterocycles. The van der Waals surface area contributed by atoms with Crippen molar-refractivity contribution in [2.75, 3.05) is 13.2 Å². The Kier molecular flexibility index (Phi) is 6.28. The summed E-state index contributed by atoms with van der Waals surface area (Å²) in [7, 11) is 0. The van der Waals surface area contributed by atoms with Crippen LogP contribution in [0.4, 0.5) is 0 Å². The Hall–Kier alpha value is -1.10. The zero-order valence-electron chi connectivity index (χ0n) is 11.4. The molecule has 19 heavy (non-hydrogen) atoms. The maximum absolute atomic E-state index is 11.2. The summed E-state index contributed by atoms with van der Waals surface area (Å²) in [5, 5.41) is 10.00. The van der Waals surface area contributed by atoms with Gasteiger partial charge in [0, 0.05) is 5.56 Å². The summed E-state index contributed by atoms with van der Waals surface area (Å²) in [5.74, 6) is 0.383. The van der Waals surface area contributed by atoms with Crippen molar-refractivity contribution in [3.8, 4) is 5.75 Å². The summed E-state index contributed by atoms with van der Waals surface area (Å²) >= 11 is 5.99.